The quantitative estimate of drug-likeness (QED) is 0.694. The second kappa shape index (κ2) is 2.35. The molecule has 1 aromatic rings. The molecule has 1 aliphatic heterocycles. The maximum absolute atomic E-state index is 11.2. The zero-order valence-corrected chi connectivity index (χ0v) is 8.94. The van der Waals surface area contributed by atoms with Gasteiger partial charge in [0, 0.05) is 18.8 Å². The summed E-state index contributed by atoms with van der Waals surface area (Å²) < 4.78 is 25.2. The van der Waals surface area contributed by atoms with Crippen molar-refractivity contribution in [2.24, 2.45) is 7.05 Å². The summed E-state index contributed by atoms with van der Waals surface area (Å²) in [4.78, 5) is 0. The van der Waals surface area contributed by atoms with Crippen LogP contribution in [0.15, 0.2) is 10.8 Å². The van der Waals surface area contributed by atoms with Gasteiger partial charge in [0.05, 0.1) is 16.1 Å². The maximum Gasteiger partial charge on any atom is 0.158 e. The molecule has 0 bridgehead atoms. The minimum absolute atomic E-state index is 0.184. The molecule has 0 spiro atoms. The zero-order chi connectivity index (χ0) is 8.93. The average Bonchev–Trinajstić information content (AvgIpc) is 2.33. The van der Waals surface area contributed by atoms with Gasteiger partial charge in [0.2, 0.25) is 0 Å². The average molecular weight is 250 g/mol. The van der Waals surface area contributed by atoms with Crippen molar-refractivity contribution in [3.63, 3.8) is 0 Å². The standard InChI is InChI=1S/C7H8BrNO2S/c1-9-2-5-3-12(10,11)4-6(5)7(9)8/h2H,3-4H2,1H3. The highest BCUT2D eigenvalue weighted by molar-refractivity contribution is 9.10. The molecule has 0 aromatic carbocycles. The normalized spacial score (nSPS) is 19.5. The Labute approximate surface area is 79.4 Å². The molecular formula is C7H8BrNO2S. The van der Waals surface area contributed by atoms with Crippen molar-refractivity contribution in [3.8, 4) is 0 Å². The first-order valence-electron chi connectivity index (χ1n) is 3.52. The fourth-order valence-corrected chi connectivity index (χ4v) is 3.77. The Balaban J connectivity index is 2.60. The molecule has 1 aromatic heterocycles. The molecule has 1 aliphatic rings. The Morgan fingerprint density at radius 3 is 2.75 bits per heavy atom. The van der Waals surface area contributed by atoms with Crippen LogP contribution < -0.4 is 0 Å². The lowest BCUT2D eigenvalue weighted by Gasteiger charge is -1.96. The van der Waals surface area contributed by atoms with Gasteiger partial charge in [-0.1, -0.05) is 0 Å². The van der Waals surface area contributed by atoms with Crippen molar-refractivity contribution in [2.75, 3.05) is 0 Å². The van der Waals surface area contributed by atoms with Crippen LogP contribution in [0.1, 0.15) is 11.1 Å². The van der Waals surface area contributed by atoms with Crippen molar-refractivity contribution in [3.05, 3.63) is 21.9 Å². The second-order valence-corrected chi connectivity index (χ2v) is 5.88. The van der Waals surface area contributed by atoms with Crippen LogP contribution in [-0.4, -0.2) is 13.0 Å². The topological polar surface area (TPSA) is 39.1 Å². The summed E-state index contributed by atoms with van der Waals surface area (Å²) >= 11 is 3.35. The molecule has 0 atom stereocenters. The Kier molecular flexibility index (Phi) is 1.63. The first-order chi connectivity index (χ1) is 5.49. The Morgan fingerprint density at radius 1 is 1.50 bits per heavy atom. The first kappa shape index (κ1) is 8.31. The van der Waals surface area contributed by atoms with Crippen LogP contribution in [0.3, 0.4) is 0 Å². The SMILES string of the molecule is Cn1cc2c(c1Br)CS(=O)(=O)C2. The van der Waals surface area contributed by atoms with Gasteiger partial charge in [0.1, 0.15) is 0 Å². The van der Waals surface area contributed by atoms with E-state index in [0.29, 0.717) is 0 Å². The highest BCUT2D eigenvalue weighted by Crippen LogP contribution is 2.32. The zero-order valence-electron chi connectivity index (χ0n) is 6.54. The molecule has 0 saturated carbocycles. The molecule has 0 aliphatic carbocycles. The van der Waals surface area contributed by atoms with E-state index in [1.165, 1.54) is 0 Å². The number of aromatic nitrogens is 1. The van der Waals surface area contributed by atoms with Crippen molar-refractivity contribution >= 4 is 25.8 Å². The van der Waals surface area contributed by atoms with Gasteiger partial charge in [0.15, 0.2) is 9.84 Å². The molecule has 2 rings (SSSR count). The third-order valence-electron chi connectivity index (χ3n) is 2.04. The van der Waals surface area contributed by atoms with Gasteiger partial charge in [-0.05, 0) is 21.5 Å². The number of fused-ring (bicyclic) bond motifs is 1. The largest absolute Gasteiger partial charge is 0.345 e. The van der Waals surface area contributed by atoms with Crippen LogP contribution in [0.2, 0.25) is 0 Å². The third-order valence-corrected chi connectivity index (χ3v) is 4.55. The van der Waals surface area contributed by atoms with Crippen molar-refractivity contribution in [2.45, 2.75) is 11.5 Å². The summed E-state index contributed by atoms with van der Waals surface area (Å²) in [6.45, 7) is 0. The summed E-state index contributed by atoms with van der Waals surface area (Å²) in [6, 6.07) is 0. The Bertz CT molecular complexity index is 433. The molecule has 0 saturated heterocycles. The molecule has 3 nitrogen and oxygen atoms in total. The molecule has 0 unspecified atom stereocenters. The monoisotopic (exact) mass is 249 g/mol. The summed E-state index contributed by atoms with van der Waals surface area (Å²) in [5.74, 6) is 0.380. The number of sulfone groups is 1. The lowest BCUT2D eigenvalue weighted by molar-refractivity contribution is 0.597. The van der Waals surface area contributed by atoms with Gasteiger partial charge in [-0.2, -0.15) is 0 Å². The number of hydrogen-bond acceptors (Lipinski definition) is 2. The maximum atomic E-state index is 11.2. The van der Waals surface area contributed by atoms with E-state index in [0.717, 1.165) is 15.7 Å². The fraction of sp³-hybridized carbons (Fsp3) is 0.429. The van der Waals surface area contributed by atoms with Crippen molar-refractivity contribution in [1.82, 2.24) is 4.57 Å². The van der Waals surface area contributed by atoms with E-state index >= 15 is 0 Å². The van der Waals surface area contributed by atoms with Gasteiger partial charge in [0.25, 0.3) is 0 Å². The van der Waals surface area contributed by atoms with Crippen LogP contribution in [0.4, 0.5) is 0 Å². The van der Waals surface area contributed by atoms with Crippen molar-refractivity contribution < 1.29 is 8.42 Å². The van der Waals surface area contributed by atoms with Gasteiger partial charge < -0.3 is 4.57 Å². The molecule has 0 N–H and O–H groups in total. The van der Waals surface area contributed by atoms with E-state index in [1.54, 1.807) is 0 Å². The highest BCUT2D eigenvalue weighted by Gasteiger charge is 2.28. The fourth-order valence-electron chi connectivity index (χ4n) is 1.50. The van der Waals surface area contributed by atoms with E-state index in [1.807, 2.05) is 17.8 Å². The van der Waals surface area contributed by atoms with Gasteiger partial charge >= 0.3 is 0 Å². The number of hydrogen-bond donors (Lipinski definition) is 0. The first-order valence-corrected chi connectivity index (χ1v) is 6.14. The van der Waals surface area contributed by atoms with Gasteiger partial charge in [-0.15, -0.1) is 0 Å². The molecule has 0 radical (unpaired) electrons. The Hall–Kier alpha value is -0.290. The van der Waals surface area contributed by atoms with Crippen LogP contribution in [0, 0.1) is 0 Å². The molecule has 12 heavy (non-hydrogen) atoms. The minimum atomic E-state index is -2.84. The van der Waals surface area contributed by atoms with E-state index in [9.17, 15) is 8.42 Å². The van der Waals surface area contributed by atoms with Crippen LogP contribution in [-0.2, 0) is 28.4 Å². The van der Waals surface area contributed by atoms with Crippen LogP contribution >= 0.6 is 15.9 Å². The number of rotatable bonds is 0. The molecule has 0 amide bonds. The molecule has 2 heterocycles. The Morgan fingerprint density at radius 2 is 2.17 bits per heavy atom. The van der Waals surface area contributed by atoms with E-state index in [-0.39, 0.29) is 11.5 Å². The van der Waals surface area contributed by atoms with Crippen LogP contribution in [0.25, 0.3) is 0 Å². The number of aryl methyl sites for hydroxylation is 1. The minimum Gasteiger partial charge on any atom is -0.345 e. The highest BCUT2D eigenvalue weighted by atomic mass is 79.9. The second-order valence-electron chi connectivity index (χ2n) is 3.07. The lowest BCUT2D eigenvalue weighted by atomic mass is 10.2. The predicted octanol–water partition coefficient (Wildman–Crippen LogP) is 1.22. The molecule has 5 heteroatoms. The summed E-state index contributed by atoms with van der Waals surface area (Å²) in [5.41, 5.74) is 1.86. The van der Waals surface area contributed by atoms with Crippen LogP contribution in [0.5, 0.6) is 0 Å². The van der Waals surface area contributed by atoms with Gasteiger partial charge in [-0.25, -0.2) is 8.42 Å². The smallest absolute Gasteiger partial charge is 0.158 e. The summed E-state index contributed by atoms with van der Waals surface area (Å²) in [7, 11) is -0.947. The van der Waals surface area contributed by atoms with E-state index < -0.39 is 9.84 Å². The number of nitrogens with zero attached hydrogens (tertiary/aromatic N) is 1. The molecular weight excluding hydrogens is 242 g/mol. The van der Waals surface area contributed by atoms with Gasteiger partial charge in [-0.3, -0.25) is 0 Å². The number of halogens is 1. The van der Waals surface area contributed by atoms with Crippen molar-refractivity contribution in [1.29, 1.82) is 0 Å². The predicted molar refractivity (Wildman–Crippen MR) is 49.4 cm³/mol. The molecule has 0 fully saturated rings. The lowest BCUT2D eigenvalue weighted by Crippen LogP contribution is -1.98. The third kappa shape index (κ3) is 1.11. The van der Waals surface area contributed by atoms with E-state index in [2.05, 4.69) is 15.9 Å². The molecule has 66 valence electrons. The summed E-state index contributed by atoms with van der Waals surface area (Å²) in [5, 5.41) is 0. The van der Waals surface area contributed by atoms with E-state index in [4.69, 9.17) is 0 Å². The summed E-state index contributed by atoms with van der Waals surface area (Å²) in [6.07, 6.45) is 1.87.